The summed E-state index contributed by atoms with van der Waals surface area (Å²) < 4.78 is 0. The Kier molecular flexibility index (Phi) is 8.61. The average molecular weight is 526 g/mol. The lowest BCUT2D eigenvalue weighted by atomic mass is 9.90. The lowest BCUT2D eigenvalue weighted by Crippen LogP contribution is -2.36. The fourth-order valence-electron chi connectivity index (χ4n) is 5.08. The molecule has 3 aromatic carbocycles. The fourth-order valence-corrected chi connectivity index (χ4v) is 6.02. The summed E-state index contributed by atoms with van der Waals surface area (Å²) in [5.74, 6) is 0.521. The summed E-state index contributed by atoms with van der Waals surface area (Å²) in [6, 6.07) is 24.4. The van der Waals surface area contributed by atoms with Gasteiger partial charge in [-0.05, 0) is 93.6 Å². The van der Waals surface area contributed by atoms with Crippen LogP contribution < -0.4 is 10.6 Å². The van der Waals surface area contributed by atoms with Crippen LogP contribution in [0, 0.1) is 12.8 Å². The molecule has 0 radical (unpaired) electrons. The van der Waals surface area contributed by atoms with Gasteiger partial charge in [0.1, 0.15) is 0 Å². The van der Waals surface area contributed by atoms with Crippen LogP contribution in [0.5, 0.6) is 0 Å². The predicted octanol–water partition coefficient (Wildman–Crippen LogP) is 6.15. The molecule has 0 atom stereocenters. The Labute approximate surface area is 229 Å². The van der Waals surface area contributed by atoms with Gasteiger partial charge < -0.3 is 15.5 Å². The number of carbonyl (C=O) groups excluding carboxylic acids is 2. The van der Waals surface area contributed by atoms with Crippen molar-refractivity contribution in [1.29, 1.82) is 0 Å². The summed E-state index contributed by atoms with van der Waals surface area (Å²) in [7, 11) is 0. The van der Waals surface area contributed by atoms with E-state index < -0.39 is 0 Å². The highest BCUT2D eigenvalue weighted by Crippen LogP contribution is 2.39. The lowest BCUT2D eigenvalue weighted by molar-refractivity contribution is -0.112. The highest BCUT2D eigenvalue weighted by molar-refractivity contribution is 8.04. The monoisotopic (exact) mass is 525 g/mol. The number of hydrogen-bond acceptors (Lipinski definition) is 4. The van der Waals surface area contributed by atoms with Gasteiger partial charge in [0, 0.05) is 17.0 Å². The van der Waals surface area contributed by atoms with E-state index in [0.717, 1.165) is 42.4 Å². The summed E-state index contributed by atoms with van der Waals surface area (Å²) in [5, 5.41) is 6.00. The first kappa shape index (κ1) is 26.3. The SMILES string of the molecule is Cc1ccc(/C=C2/Sc3ccc(C(=O)NCCCN4CCC(Cc5ccccc5)CC4)cc3NC2=O)cc1. The van der Waals surface area contributed by atoms with Crippen molar-refractivity contribution < 1.29 is 9.59 Å². The number of hydrogen-bond donors (Lipinski definition) is 2. The quantitative estimate of drug-likeness (QED) is 0.273. The van der Waals surface area contributed by atoms with Crippen molar-refractivity contribution in [1.82, 2.24) is 10.2 Å². The molecule has 38 heavy (non-hydrogen) atoms. The molecule has 0 saturated carbocycles. The van der Waals surface area contributed by atoms with E-state index in [-0.39, 0.29) is 11.8 Å². The van der Waals surface area contributed by atoms with Crippen LogP contribution in [-0.4, -0.2) is 42.9 Å². The van der Waals surface area contributed by atoms with E-state index in [4.69, 9.17) is 0 Å². The van der Waals surface area contributed by atoms with Crippen LogP contribution >= 0.6 is 11.8 Å². The maximum absolute atomic E-state index is 12.8. The number of aryl methyl sites for hydroxylation is 1. The number of fused-ring (bicyclic) bond motifs is 1. The molecule has 0 spiro atoms. The summed E-state index contributed by atoms with van der Waals surface area (Å²) in [4.78, 5) is 29.5. The first-order valence-electron chi connectivity index (χ1n) is 13.5. The minimum Gasteiger partial charge on any atom is -0.352 e. The Hall–Kier alpha value is -3.35. The molecule has 3 aromatic rings. The Morgan fingerprint density at radius 2 is 1.82 bits per heavy atom. The molecule has 196 valence electrons. The van der Waals surface area contributed by atoms with Gasteiger partial charge in [0.15, 0.2) is 0 Å². The third kappa shape index (κ3) is 6.94. The molecule has 2 amide bonds. The highest BCUT2D eigenvalue weighted by Gasteiger charge is 2.23. The minimum atomic E-state index is -0.145. The second kappa shape index (κ2) is 12.5. The van der Waals surface area contributed by atoms with E-state index in [9.17, 15) is 9.59 Å². The zero-order valence-electron chi connectivity index (χ0n) is 21.9. The van der Waals surface area contributed by atoms with Gasteiger partial charge in [-0.2, -0.15) is 0 Å². The molecule has 0 aromatic heterocycles. The molecule has 6 heteroatoms. The van der Waals surface area contributed by atoms with E-state index in [1.165, 1.54) is 42.2 Å². The molecule has 1 fully saturated rings. The van der Waals surface area contributed by atoms with Crippen LogP contribution in [0.3, 0.4) is 0 Å². The maximum atomic E-state index is 12.8. The number of rotatable bonds is 8. The number of nitrogens with zero attached hydrogens (tertiary/aromatic N) is 1. The summed E-state index contributed by atoms with van der Waals surface area (Å²) in [5.41, 5.74) is 4.87. The molecule has 5 nitrogen and oxygen atoms in total. The largest absolute Gasteiger partial charge is 0.352 e. The number of anilines is 1. The van der Waals surface area contributed by atoms with Gasteiger partial charge in [-0.15, -0.1) is 0 Å². The van der Waals surface area contributed by atoms with Crippen molar-refractivity contribution in [3.63, 3.8) is 0 Å². The topological polar surface area (TPSA) is 61.4 Å². The second-order valence-electron chi connectivity index (χ2n) is 10.3. The number of thioether (sulfide) groups is 1. The van der Waals surface area contributed by atoms with E-state index in [1.54, 1.807) is 6.07 Å². The Morgan fingerprint density at radius 1 is 1.05 bits per heavy atom. The fraction of sp³-hybridized carbons (Fsp3) is 0.312. The standard InChI is InChI=1S/C32H35N3O2S/c1-23-8-10-25(11-9-23)21-30-32(37)34-28-22-27(12-13-29(28)38-30)31(36)33-16-5-17-35-18-14-26(15-19-35)20-24-6-3-2-4-7-24/h2-4,6-13,21-22,26H,5,14-20H2,1H3,(H,33,36)(H,34,37)/b30-21+. The minimum absolute atomic E-state index is 0.102. The van der Waals surface area contributed by atoms with E-state index in [0.29, 0.717) is 22.7 Å². The average Bonchev–Trinajstić information content (AvgIpc) is 2.94. The van der Waals surface area contributed by atoms with Crippen molar-refractivity contribution in [3.05, 3.63) is 100.0 Å². The molecular formula is C32H35N3O2S. The summed E-state index contributed by atoms with van der Waals surface area (Å²) >= 11 is 1.43. The molecule has 2 N–H and O–H groups in total. The first-order chi connectivity index (χ1) is 18.5. The number of amides is 2. The normalized spacial score (nSPS) is 17.2. The Bertz CT molecular complexity index is 1300. The second-order valence-corrected chi connectivity index (χ2v) is 11.4. The van der Waals surface area contributed by atoms with Gasteiger partial charge in [-0.25, -0.2) is 0 Å². The maximum Gasteiger partial charge on any atom is 0.262 e. The van der Waals surface area contributed by atoms with Gasteiger partial charge in [0.05, 0.1) is 10.6 Å². The Morgan fingerprint density at radius 3 is 2.58 bits per heavy atom. The Balaban J connectivity index is 1.06. The van der Waals surface area contributed by atoms with Crippen molar-refractivity contribution in [2.75, 3.05) is 31.5 Å². The number of nitrogens with one attached hydrogen (secondary N) is 2. The van der Waals surface area contributed by atoms with Crippen LogP contribution in [0.4, 0.5) is 5.69 Å². The first-order valence-corrected chi connectivity index (χ1v) is 14.3. The van der Waals surface area contributed by atoms with Gasteiger partial charge >= 0.3 is 0 Å². The van der Waals surface area contributed by atoms with Crippen LogP contribution in [0.25, 0.3) is 6.08 Å². The summed E-state index contributed by atoms with van der Waals surface area (Å²) in [6.45, 7) is 5.96. The van der Waals surface area contributed by atoms with Crippen LogP contribution in [0.15, 0.2) is 82.6 Å². The number of carbonyl (C=O) groups is 2. The zero-order valence-corrected chi connectivity index (χ0v) is 22.7. The molecule has 2 aliphatic heterocycles. The molecule has 0 bridgehead atoms. The van der Waals surface area contributed by atoms with Gasteiger partial charge in [-0.1, -0.05) is 71.9 Å². The van der Waals surface area contributed by atoms with Crippen LogP contribution in [0.1, 0.15) is 46.3 Å². The van der Waals surface area contributed by atoms with Crippen molar-refractivity contribution in [2.45, 2.75) is 37.5 Å². The van der Waals surface area contributed by atoms with Crippen molar-refractivity contribution in [3.8, 4) is 0 Å². The predicted molar refractivity (Wildman–Crippen MR) is 156 cm³/mol. The van der Waals surface area contributed by atoms with Crippen LogP contribution in [-0.2, 0) is 11.2 Å². The van der Waals surface area contributed by atoms with E-state index in [2.05, 4.69) is 45.9 Å². The smallest absolute Gasteiger partial charge is 0.262 e. The number of piperidine rings is 1. The van der Waals surface area contributed by atoms with Gasteiger partial charge in [0.25, 0.3) is 11.8 Å². The molecule has 5 rings (SSSR count). The third-order valence-electron chi connectivity index (χ3n) is 7.32. The molecule has 0 aliphatic carbocycles. The molecule has 2 heterocycles. The van der Waals surface area contributed by atoms with E-state index in [1.807, 2.05) is 49.4 Å². The van der Waals surface area contributed by atoms with Crippen molar-refractivity contribution in [2.24, 2.45) is 5.92 Å². The summed E-state index contributed by atoms with van der Waals surface area (Å²) in [6.07, 6.45) is 6.48. The lowest BCUT2D eigenvalue weighted by Gasteiger charge is -2.32. The highest BCUT2D eigenvalue weighted by atomic mass is 32.2. The van der Waals surface area contributed by atoms with Gasteiger partial charge in [0.2, 0.25) is 0 Å². The van der Waals surface area contributed by atoms with Crippen LogP contribution in [0.2, 0.25) is 0 Å². The molecular weight excluding hydrogens is 490 g/mol. The zero-order chi connectivity index (χ0) is 26.3. The molecule has 0 unspecified atom stereocenters. The third-order valence-corrected chi connectivity index (χ3v) is 8.42. The number of likely N-dealkylation sites (tertiary alicyclic amines) is 1. The van der Waals surface area contributed by atoms with E-state index >= 15 is 0 Å². The molecule has 1 saturated heterocycles. The van der Waals surface area contributed by atoms with Gasteiger partial charge in [-0.3, -0.25) is 9.59 Å². The number of benzene rings is 3. The van der Waals surface area contributed by atoms with Crippen molar-refractivity contribution >= 4 is 35.3 Å². The molecule has 2 aliphatic rings.